The number of ether oxygens (including phenoxy) is 1. The van der Waals surface area contributed by atoms with E-state index >= 15 is 0 Å². The summed E-state index contributed by atoms with van der Waals surface area (Å²) in [5.74, 6) is -0.605. The zero-order chi connectivity index (χ0) is 30.2. The second-order valence-electron chi connectivity index (χ2n) is 9.05. The van der Waals surface area contributed by atoms with Crippen LogP contribution < -0.4 is 16.2 Å². The quantitative estimate of drug-likeness (QED) is 0.193. The number of hydrogen-bond acceptors (Lipinski definition) is 4. The first kappa shape index (κ1) is 32.4. The molecule has 8 nitrogen and oxygen atoms in total. The number of benzene rings is 2. The number of hydrogen-bond donors (Lipinski definition) is 3. The average Bonchev–Trinajstić information content (AvgIpc) is 3.20. The normalized spacial score (nSPS) is 12.2. The maximum atomic E-state index is 13.3. The first-order valence-electron chi connectivity index (χ1n) is 12.7. The van der Waals surface area contributed by atoms with Gasteiger partial charge in [-0.25, -0.2) is 9.48 Å². The van der Waals surface area contributed by atoms with Crippen molar-refractivity contribution >= 4 is 46.8 Å². The minimum Gasteiger partial charge on any atom is -0.450 e. The third-order valence-corrected chi connectivity index (χ3v) is 7.13. The number of alkyl halides is 3. The number of alkyl carbamates (subject to hydrolysis) is 1. The highest BCUT2D eigenvalue weighted by Crippen LogP contribution is 2.30. The molecule has 0 saturated carbocycles. The maximum absolute atomic E-state index is 13.3. The Kier molecular flexibility index (Phi) is 11.6. The van der Waals surface area contributed by atoms with Gasteiger partial charge in [0.2, 0.25) is 5.91 Å². The van der Waals surface area contributed by atoms with Crippen LogP contribution in [0.4, 0.5) is 18.0 Å². The lowest BCUT2D eigenvalue weighted by molar-refractivity contribution is -0.135. The number of rotatable bonds is 12. The smallest absolute Gasteiger partial charge is 0.407 e. The van der Waals surface area contributed by atoms with Crippen molar-refractivity contribution in [3.8, 4) is 11.3 Å². The molecular weight excluding hydrogens is 608 g/mol. The first-order valence-corrected chi connectivity index (χ1v) is 13.8. The van der Waals surface area contributed by atoms with E-state index < -0.39 is 42.7 Å². The number of nitrogens with zero attached hydrogens (tertiary/aromatic N) is 1. The van der Waals surface area contributed by atoms with Gasteiger partial charge in [-0.15, -0.1) is 0 Å². The van der Waals surface area contributed by atoms with Crippen LogP contribution in [0.5, 0.6) is 0 Å². The van der Waals surface area contributed by atoms with E-state index in [9.17, 15) is 27.6 Å². The van der Waals surface area contributed by atoms with Gasteiger partial charge in [-0.3, -0.25) is 14.7 Å². The average molecular weight is 636 g/mol. The van der Waals surface area contributed by atoms with Gasteiger partial charge in [0.1, 0.15) is 6.54 Å². The third-order valence-electron chi connectivity index (χ3n) is 6.04. The lowest BCUT2D eigenvalue weighted by Gasteiger charge is -2.21. The molecule has 41 heavy (non-hydrogen) atoms. The SMILES string of the molecule is CCOC(=O)NCC(NC(=O)Cn1[nH]c(-c2ccc(Cl)cc2)c(CCCCC(F)(F)F)c1=O)c1cccc(Cl)c1Cl. The van der Waals surface area contributed by atoms with Gasteiger partial charge in [-0.2, -0.15) is 13.2 Å². The Morgan fingerprint density at radius 2 is 1.78 bits per heavy atom. The highest BCUT2D eigenvalue weighted by molar-refractivity contribution is 6.42. The molecule has 1 heterocycles. The van der Waals surface area contributed by atoms with Crippen molar-refractivity contribution in [2.45, 2.75) is 51.4 Å². The number of carbonyl (C=O) groups is 2. The van der Waals surface area contributed by atoms with Gasteiger partial charge < -0.3 is 15.4 Å². The minimum atomic E-state index is -4.29. The van der Waals surface area contributed by atoms with Gasteiger partial charge in [-0.05, 0) is 55.5 Å². The van der Waals surface area contributed by atoms with Gasteiger partial charge in [-0.1, -0.05) is 59.1 Å². The molecule has 1 atom stereocenters. The van der Waals surface area contributed by atoms with Crippen LogP contribution in [-0.4, -0.2) is 41.1 Å². The van der Waals surface area contributed by atoms with E-state index in [0.29, 0.717) is 21.8 Å². The number of aromatic nitrogens is 2. The molecule has 0 fully saturated rings. The van der Waals surface area contributed by atoms with Gasteiger partial charge in [0.25, 0.3) is 5.56 Å². The zero-order valence-electron chi connectivity index (χ0n) is 21.9. The Bertz CT molecular complexity index is 1410. The summed E-state index contributed by atoms with van der Waals surface area (Å²) >= 11 is 18.5. The summed E-state index contributed by atoms with van der Waals surface area (Å²) in [7, 11) is 0. The second kappa shape index (κ2) is 14.7. The van der Waals surface area contributed by atoms with Crippen LogP contribution in [0.3, 0.4) is 0 Å². The molecule has 222 valence electrons. The molecule has 0 spiro atoms. The maximum Gasteiger partial charge on any atom is 0.407 e. The lowest BCUT2D eigenvalue weighted by atomic mass is 10.0. The van der Waals surface area contributed by atoms with E-state index in [2.05, 4.69) is 15.7 Å². The molecule has 3 rings (SSSR count). The summed E-state index contributed by atoms with van der Waals surface area (Å²) in [5, 5.41) is 9.08. The van der Waals surface area contributed by atoms with Crippen LogP contribution in [0.1, 0.15) is 43.4 Å². The molecule has 0 bridgehead atoms. The zero-order valence-corrected chi connectivity index (χ0v) is 24.2. The topological polar surface area (TPSA) is 105 Å². The Balaban J connectivity index is 1.85. The molecule has 1 aromatic heterocycles. The molecule has 3 N–H and O–H groups in total. The van der Waals surface area contributed by atoms with E-state index in [4.69, 9.17) is 39.5 Å². The van der Waals surface area contributed by atoms with Crippen molar-refractivity contribution in [3.63, 3.8) is 0 Å². The fraction of sp³-hybridized carbons (Fsp3) is 0.370. The Morgan fingerprint density at radius 1 is 1.07 bits per heavy atom. The minimum absolute atomic E-state index is 0.0716. The van der Waals surface area contributed by atoms with Crippen molar-refractivity contribution in [2.24, 2.45) is 0 Å². The lowest BCUT2D eigenvalue weighted by Crippen LogP contribution is -2.40. The molecule has 0 radical (unpaired) electrons. The Morgan fingerprint density at radius 3 is 2.44 bits per heavy atom. The fourth-order valence-electron chi connectivity index (χ4n) is 4.13. The van der Waals surface area contributed by atoms with Gasteiger partial charge in [0.15, 0.2) is 0 Å². The van der Waals surface area contributed by atoms with Crippen molar-refractivity contribution in [3.05, 3.63) is 79.0 Å². The second-order valence-corrected chi connectivity index (χ2v) is 10.3. The van der Waals surface area contributed by atoms with Crippen LogP contribution in [-0.2, 0) is 22.5 Å². The van der Waals surface area contributed by atoms with E-state index in [1.165, 1.54) is 0 Å². The molecule has 0 aliphatic carbocycles. The molecule has 2 amide bonds. The van der Waals surface area contributed by atoms with Gasteiger partial charge in [0, 0.05) is 23.6 Å². The predicted molar refractivity (Wildman–Crippen MR) is 151 cm³/mol. The van der Waals surface area contributed by atoms with Crippen molar-refractivity contribution in [2.75, 3.05) is 13.2 Å². The number of unbranched alkanes of at least 4 members (excludes halogenated alkanes) is 1. The highest BCUT2D eigenvalue weighted by Gasteiger charge is 2.27. The number of aromatic amines is 1. The Hall–Kier alpha value is -3.15. The standard InChI is InChI=1S/C27H28Cl3F3N4O4/c1-2-41-26(40)34-14-21(18-7-5-8-20(29)23(18)30)35-22(38)15-37-25(39)19(6-3-4-13-27(31,32)33)24(36-37)16-9-11-17(28)12-10-16/h5,7-12,21,36H,2-4,6,13-15H2,1H3,(H,34,40)(H,35,38). The molecule has 0 aliphatic heterocycles. The summed E-state index contributed by atoms with van der Waals surface area (Å²) in [6.07, 6.45) is -5.91. The van der Waals surface area contributed by atoms with E-state index in [1.54, 1.807) is 49.4 Å². The largest absolute Gasteiger partial charge is 0.450 e. The van der Waals surface area contributed by atoms with Crippen LogP contribution in [0, 0.1) is 0 Å². The summed E-state index contributed by atoms with van der Waals surface area (Å²) in [4.78, 5) is 38.3. The summed E-state index contributed by atoms with van der Waals surface area (Å²) in [6.45, 7) is 1.25. The molecule has 3 aromatic rings. The molecule has 0 saturated heterocycles. The Labute approximate surface area is 249 Å². The van der Waals surface area contributed by atoms with Crippen LogP contribution in [0.2, 0.25) is 15.1 Å². The molecule has 14 heteroatoms. The first-order chi connectivity index (χ1) is 19.4. The summed E-state index contributed by atoms with van der Waals surface area (Å²) in [6, 6.07) is 10.5. The van der Waals surface area contributed by atoms with Gasteiger partial charge >= 0.3 is 12.3 Å². The summed E-state index contributed by atoms with van der Waals surface area (Å²) < 4.78 is 43.8. The van der Waals surface area contributed by atoms with E-state index in [0.717, 1.165) is 4.68 Å². The number of amides is 2. The van der Waals surface area contributed by atoms with E-state index in [-0.39, 0.29) is 48.0 Å². The molecule has 2 aromatic carbocycles. The van der Waals surface area contributed by atoms with Crippen molar-refractivity contribution < 1.29 is 27.5 Å². The number of nitrogens with one attached hydrogen (secondary N) is 3. The summed E-state index contributed by atoms with van der Waals surface area (Å²) in [5.41, 5.74) is 1.10. The molecular formula is C27H28Cl3F3N4O4. The van der Waals surface area contributed by atoms with Crippen LogP contribution in [0.15, 0.2) is 47.3 Å². The van der Waals surface area contributed by atoms with E-state index in [1.807, 2.05) is 0 Å². The van der Waals surface area contributed by atoms with Gasteiger partial charge in [0.05, 0.1) is 28.4 Å². The van der Waals surface area contributed by atoms with Crippen LogP contribution >= 0.6 is 34.8 Å². The number of carbonyl (C=O) groups excluding carboxylic acids is 2. The predicted octanol–water partition coefficient (Wildman–Crippen LogP) is 6.68. The van der Waals surface area contributed by atoms with Crippen molar-refractivity contribution in [1.82, 2.24) is 20.4 Å². The number of H-pyrrole nitrogens is 1. The number of halogens is 6. The molecule has 0 aliphatic rings. The monoisotopic (exact) mass is 634 g/mol. The van der Waals surface area contributed by atoms with Crippen molar-refractivity contribution in [1.29, 1.82) is 0 Å². The third kappa shape index (κ3) is 9.44. The fourth-order valence-corrected chi connectivity index (χ4v) is 4.69. The highest BCUT2D eigenvalue weighted by atomic mass is 35.5. The van der Waals surface area contributed by atoms with Crippen LogP contribution in [0.25, 0.3) is 11.3 Å². The molecule has 1 unspecified atom stereocenters.